The van der Waals surface area contributed by atoms with Crippen molar-refractivity contribution < 1.29 is 8.42 Å². The summed E-state index contributed by atoms with van der Waals surface area (Å²) in [6.45, 7) is 2.11. The van der Waals surface area contributed by atoms with Crippen molar-refractivity contribution >= 4 is 43.2 Å². The Balaban J connectivity index is 2.39. The lowest BCUT2D eigenvalue weighted by molar-refractivity contribution is 0.601. The van der Waals surface area contributed by atoms with Gasteiger partial charge in [0.1, 0.15) is 4.90 Å². The largest absolute Gasteiger partial charge is 0.352 e. The summed E-state index contributed by atoms with van der Waals surface area (Å²) in [7, 11) is -1.94. The maximum absolute atomic E-state index is 12.4. The van der Waals surface area contributed by atoms with Crippen LogP contribution >= 0.6 is 27.5 Å². The Morgan fingerprint density at radius 3 is 2.62 bits per heavy atom. The summed E-state index contributed by atoms with van der Waals surface area (Å²) in [5, 5.41) is 0.492. The summed E-state index contributed by atoms with van der Waals surface area (Å²) in [5.74, 6) is 0. The van der Waals surface area contributed by atoms with Crippen LogP contribution in [0.25, 0.3) is 0 Å². The molecule has 5 nitrogen and oxygen atoms in total. The van der Waals surface area contributed by atoms with Crippen LogP contribution in [0.5, 0.6) is 0 Å². The van der Waals surface area contributed by atoms with Gasteiger partial charge in [0.2, 0.25) is 0 Å². The van der Waals surface area contributed by atoms with Gasteiger partial charge in [-0.3, -0.25) is 4.72 Å². The zero-order chi connectivity index (χ0) is 15.8. The minimum Gasteiger partial charge on any atom is -0.352 e. The Hall–Kier alpha value is -1.02. The molecule has 0 unspecified atom stereocenters. The van der Waals surface area contributed by atoms with Crippen molar-refractivity contribution in [3.63, 3.8) is 0 Å². The molecule has 0 spiro atoms. The molecule has 2 rings (SSSR count). The van der Waals surface area contributed by atoms with E-state index >= 15 is 0 Å². The van der Waals surface area contributed by atoms with E-state index in [1.54, 1.807) is 29.8 Å². The molecule has 21 heavy (non-hydrogen) atoms. The van der Waals surface area contributed by atoms with E-state index in [1.807, 2.05) is 6.92 Å². The lowest BCUT2D eigenvalue weighted by Crippen LogP contribution is -2.12. The third-order valence-electron chi connectivity index (χ3n) is 3.09. The van der Waals surface area contributed by atoms with E-state index in [2.05, 4.69) is 20.7 Å². The van der Waals surface area contributed by atoms with Crippen molar-refractivity contribution in [1.82, 2.24) is 4.57 Å². The highest BCUT2D eigenvalue weighted by Crippen LogP contribution is 2.31. The van der Waals surface area contributed by atoms with Crippen LogP contribution in [-0.4, -0.2) is 13.0 Å². The SMILES string of the molecule is Cc1cc(Br)c(NS(=O)(=O)c2cc(CN)n(C)c2)cc1Cl. The molecule has 0 amide bonds. The standard InChI is InChI=1S/C13H15BrClN3O2S/c1-8-3-11(14)13(5-12(8)15)17-21(19,20)10-4-9(6-16)18(2)7-10/h3-5,7,17H,6,16H2,1-2H3. The molecule has 0 fully saturated rings. The minimum absolute atomic E-state index is 0.161. The van der Waals surface area contributed by atoms with Crippen molar-refractivity contribution in [3.05, 3.63) is 45.1 Å². The second-order valence-corrected chi connectivity index (χ2v) is 7.61. The average Bonchev–Trinajstić information content (AvgIpc) is 2.78. The highest BCUT2D eigenvalue weighted by Gasteiger charge is 2.19. The zero-order valence-corrected chi connectivity index (χ0v) is 14.7. The first kappa shape index (κ1) is 16.4. The summed E-state index contributed by atoms with van der Waals surface area (Å²) in [6.07, 6.45) is 1.52. The third kappa shape index (κ3) is 3.42. The Labute approximate surface area is 137 Å². The Kier molecular flexibility index (Phi) is 4.67. The van der Waals surface area contributed by atoms with Crippen LogP contribution in [0.15, 0.2) is 33.8 Å². The summed E-state index contributed by atoms with van der Waals surface area (Å²) in [4.78, 5) is 0.161. The van der Waals surface area contributed by atoms with Gasteiger partial charge in [0.15, 0.2) is 0 Å². The first-order chi connectivity index (χ1) is 9.74. The number of nitrogens with two attached hydrogens (primary N) is 1. The van der Waals surface area contributed by atoms with Crippen molar-refractivity contribution in [2.24, 2.45) is 12.8 Å². The molecular formula is C13H15BrClN3O2S. The van der Waals surface area contributed by atoms with E-state index in [4.69, 9.17) is 17.3 Å². The van der Waals surface area contributed by atoms with Crippen LogP contribution in [0.3, 0.4) is 0 Å². The summed E-state index contributed by atoms with van der Waals surface area (Å²) >= 11 is 9.37. The van der Waals surface area contributed by atoms with E-state index < -0.39 is 10.0 Å². The molecule has 1 aromatic heterocycles. The fourth-order valence-electron chi connectivity index (χ4n) is 1.86. The van der Waals surface area contributed by atoms with Gasteiger partial charge in [0.05, 0.1) is 5.69 Å². The average molecular weight is 393 g/mol. The first-order valence-corrected chi connectivity index (χ1v) is 8.74. The van der Waals surface area contributed by atoms with Gasteiger partial charge in [-0.15, -0.1) is 0 Å². The number of rotatable bonds is 4. The fourth-order valence-corrected chi connectivity index (χ4v) is 3.87. The maximum Gasteiger partial charge on any atom is 0.263 e. The number of hydrogen-bond donors (Lipinski definition) is 2. The predicted molar refractivity (Wildman–Crippen MR) is 88.0 cm³/mol. The highest BCUT2D eigenvalue weighted by atomic mass is 79.9. The number of sulfonamides is 1. The number of aryl methyl sites for hydroxylation is 2. The molecule has 8 heteroatoms. The second-order valence-electron chi connectivity index (χ2n) is 4.67. The van der Waals surface area contributed by atoms with Crippen LogP contribution < -0.4 is 10.5 Å². The monoisotopic (exact) mass is 391 g/mol. The summed E-state index contributed by atoms with van der Waals surface area (Å²) in [6, 6.07) is 4.88. The number of nitrogens with one attached hydrogen (secondary N) is 1. The molecule has 3 N–H and O–H groups in total. The third-order valence-corrected chi connectivity index (χ3v) is 5.49. The van der Waals surface area contributed by atoms with Gasteiger partial charge in [0, 0.05) is 35.0 Å². The van der Waals surface area contributed by atoms with Crippen LogP contribution in [0.1, 0.15) is 11.3 Å². The van der Waals surface area contributed by atoms with Gasteiger partial charge in [-0.2, -0.15) is 0 Å². The Bertz CT molecular complexity index is 787. The van der Waals surface area contributed by atoms with Crippen LogP contribution in [0.4, 0.5) is 5.69 Å². The number of anilines is 1. The maximum atomic E-state index is 12.4. The molecule has 0 atom stereocenters. The Morgan fingerprint density at radius 1 is 1.38 bits per heavy atom. The minimum atomic E-state index is -3.69. The lowest BCUT2D eigenvalue weighted by atomic mass is 10.2. The number of benzene rings is 1. The van der Waals surface area contributed by atoms with Gasteiger partial charge in [0.25, 0.3) is 10.0 Å². The molecule has 1 heterocycles. The molecule has 114 valence electrons. The lowest BCUT2D eigenvalue weighted by Gasteiger charge is -2.10. The van der Waals surface area contributed by atoms with Gasteiger partial charge < -0.3 is 10.3 Å². The van der Waals surface area contributed by atoms with E-state index in [0.717, 1.165) is 11.3 Å². The molecule has 0 saturated carbocycles. The molecule has 0 aliphatic carbocycles. The number of hydrogen-bond acceptors (Lipinski definition) is 3. The van der Waals surface area contributed by atoms with E-state index in [1.165, 1.54) is 6.20 Å². The molecule has 2 aromatic rings. The molecular weight excluding hydrogens is 378 g/mol. The van der Waals surface area contributed by atoms with Crippen LogP contribution in [-0.2, 0) is 23.6 Å². The number of halogens is 2. The number of nitrogens with zero attached hydrogens (tertiary/aromatic N) is 1. The molecule has 0 radical (unpaired) electrons. The van der Waals surface area contributed by atoms with E-state index in [0.29, 0.717) is 15.2 Å². The zero-order valence-electron chi connectivity index (χ0n) is 11.5. The molecule has 0 aliphatic heterocycles. The summed E-state index contributed by atoms with van der Waals surface area (Å²) < 4.78 is 29.6. The normalized spacial score (nSPS) is 11.7. The first-order valence-electron chi connectivity index (χ1n) is 6.08. The van der Waals surface area contributed by atoms with Gasteiger partial charge in [-0.05, 0) is 46.6 Å². The van der Waals surface area contributed by atoms with E-state index in [-0.39, 0.29) is 11.4 Å². The van der Waals surface area contributed by atoms with Crippen LogP contribution in [0.2, 0.25) is 5.02 Å². The highest BCUT2D eigenvalue weighted by molar-refractivity contribution is 9.10. The number of aromatic nitrogens is 1. The van der Waals surface area contributed by atoms with Gasteiger partial charge in [-0.25, -0.2) is 8.42 Å². The fraction of sp³-hybridized carbons (Fsp3) is 0.231. The van der Waals surface area contributed by atoms with E-state index in [9.17, 15) is 8.42 Å². The van der Waals surface area contributed by atoms with Crippen molar-refractivity contribution in [3.8, 4) is 0 Å². The molecule has 0 bridgehead atoms. The molecule has 0 saturated heterocycles. The van der Waals surface area contributed by atoms with Crippen LogP contribution in [0, 0.1) is 6.92 Å². The Morgan fingerprint density at radius 2 is 2.05 bits per heavy atom. The smallest absolute Gasteiger partial charge is 0.263 e. The molecule has 0 aliphatic rings. The van der Waals surface area contributed by atoms with Gasteiger partial charge >= 0.3 is 0 Å². The second kappa shape index (κ2) is 6.00. The van der Waals surface area contributed by atoms with Crippen molar-refractivity contribution in [2.75, 3.05) is 4.72 Å². The predicted octanol–water partition coefficient (Wildman–Crippen LogP) is 3.01. The van der Waals surface area contributed by atoms with Crippen molar-refractivity contribution in [2.45, 2.75) is 18.4 Å². The quantitative estimate of drug-likeness (QED) is 0.839. The van der Waals surface area contributed by atoms with Gasteiger partial charge in [-0.1, -0.05) is 11.6 Å². The van der Waals surface area contributed by atoms with Crippen molar-refractivity contribution in [1.29, 1.82) is 0 Å². The topological polar surface area (TPSA) is 77.1 Å². The molecule has 1 aromatic carbocycles. The summed E-state index contributed by atoms with van der Waals surface area (Å²) in [5.41, 5.74) is 7.54.